The van der Waals surface area contributed by atoms with Crippen LogP contribution in [0.15, 0.2) is 24.3 Å². The first-order valence-corrected chi connectivity index (χ1v) is 5.54. The van der Waals surface area contributed by atoms with E-state index in [1.807, 2.05) is 12.1 Å². The highest BCUT2D eigenvalue weighted by atomic mass is 35.5. The van der Waals surface area contributed by atoms with Crippen LogP contribution in [-0.4, -0.2) is 18.1 Å². The first-order valence-electron chi connectivity index (χ1n) is 5.16. The lowest BCUT2D eigenvalue weighted by atomic mass is 9.94. The van der Waals surface area contributed by atoms with Gasteiger partial charge in [-0.25, -0.2) is 0 Å². The number of benzene rings is 1. The van der Waals surface area contributed by atoms with Crippen molar-refractivity contribution in [2.45, 2.75) is 25.8 Å². The Balaban J connectivity index is 2.72. The Morgan fingerprint density at radius 1 is 1.44 bits per heavy atom. The third-order valence-electron chi connectivity index (χ3n) is 2.23. The van der Waals surface area contributed by atoms with Crippen LogP contribution in [0.3, 0.4) is 0 Å². The van der Waals surface area contributed by atoms with Gasteiger partial charge in [-0.1, -0.05) is 23.7 Å². The average molecular weight is 242 g/mol. The molecule has 0 saturated carbocycles. The maximum absolute atomic E-state index is 11.6. The minimum Gasteiger partial charge on any atom is -0.465 e. The van der Waals surface area contributed by atoms with Crippen LogP contribution >= 0.6 is 11.6 Å². The van der Waals surface area contributed by atoms with Crippen LogP contribution < -0.4 is 5.73 Å². The maximum Gasteiger partial charge on any atom is 0.326 e. The van der Waals surface area contributed by atoms with E-state index in [-0.39, 0.29) is 5.97 Å². The highest BCUT2D eigenvalue weighted by Crippen LogP contribution is 2.15. The molecule has 1 rings (SSSR count). The second-order valence-corrected chi connectivity index (χ2v) is 4.38. The summed E-state index contributed by atoms with van der Waals surface area (Å²) in [7, 11) is 0. The van der Waals surface area contributed by atoms with Gasteiger partial charge in [0.25, 0.3) is 0 Å². The van der Waals surface area contributed by atoms with Crippen molar-refractivity contribution >= 4 is 17.6 Å². The van der Waals surface area contributed by atoms with Crippen LogP contribution in [0.5, 0.6) is 0 Å². The summed E-state index contributed by atoms with van der Waals surface area (Å²) in [4.78, 5) is 11.6. The van der Waals surface area contributed by atoms with E-state index in [2.05, 4.69) is 0 Å². The number of carbonyl (C=O) groups is 1. The molecule has 4 heteroatoms. The van der Waals surface area contributed by atoms with Gasteiger partial charge in [0.15, 0.2) is 0 Å². The van der Waals surface area contributed by atoms with E-state index in [4.69, 9.17) is 22.1 Å². The molecule has 88 valence electrons. The van der Waals surface area contributed by atoms with Crippen molar-refractivity contribution in [3.05, 3.63) is 34.9 Å². The molecule has 1 unspecified atom stereocenters. The molecule has 0 aromatic heterocycles. The van der Waals surface area contributed by atoms with Gasteiger partial charge in [0.2, 0.25) is 0 Å². The fraction of sp³-hybridized carbons (Fsp3) is 0.417. The molecule has 0 spiro atoms. The summed E-state index contributed by atoms with van der Waals surface area (Å²) in [5, 5.41) is 0.665. The van der Waals surface area contributed by atoms with Crippen LogP contribution in [0.4, 0.5) is 0 Å². The van der Waals surface area contributed by atoms with Crippen LogP contribution in [0.2, 0.25) is 5.02 Å². The zero-order valence-electron chi connectivity index (χ0n) is 9.50. The molecule has 0 aliphatic rings. The topological polar surface area (TPSA) is 52.3 Å². The second kappa shape index (κ2) is 5.32. The molecule has 1 aromatic rings. The summed E-state index contributed by atoms with van der Waals surface area (Å²) in [5.41, 5.74) is 5.87. The molecule has 0 aliphatic heterocycles. The van der Waals surface area contributed by atoms with Crippen LogP contribution in [-0.2, 0) is 16.0 Å². The third kappa shape index (κ3) is 3.51. The molecule has 0 saturated heterocycles. The molecule has 3 nitrogen and oxygen atoms in total. The quantitative estimate of drug-likeness (QED) is 0.822. The van der Waals surface area contributed by atoms with Gasteiger partial charge in [0.05, 0.1) is 6.61 Å². The third-order valence-corrected chi connectivity index (χ3v) is 2.48. The number of hydrogen-bond acceptors (Lipinski definition) is 3. The summed E-state index contributed by atoms with van der Waals surface area (Å²) >= 11 is 5.77. The Hall–Kier alpha value is -1.06. The molecular formula is C12H16ClNO2. The van der Waals surface area contributed by atoms with Crippen molar-refractivity contribution in [2.75, 3.05) is 6.61 Å². The van der Waals surface area contributed by atoms with Crippen molar-refractivity contribution in [1.29, 1.82) is 0 Å². The fourth-order valence-electron chi connectivity index (χ4n) is 1.39. The Bertz CT molecular complexity index is 360. The van der Waals surface area contributed by atoms with Crippen molar-refractivity contribution in [3.63, 3.8) is 0 Å². The lowest BCUT2D eigenvalue weighted by Gasteiger charge is -2.22. The number of nitrogens with two attached hydrogens (primary N) is 1. The van der Waals surface area contributed by atoms with E-state index in [1.165, 1.54) is 0 Å². The molecule has 0 amide bonds. The molecule has 2 N–H and O–H groups in total. The summed E-state index contributed by atoms with van der Waals surface area (Å²) in [5.74, 6) is -0.384. The maximum atomic E-state index is 11.6. The van der Waals surface area contributed by atoms with Crippen molar-refractivity contribution < 1.29 is 9.53 Å². The van der Waals surface area contributed by atoms with Gasteiger partial charge in [-0.2, -0.15) is 0 Å². The summed E-state index contributed by atoms with van der Waals surface area (Å²) in [6, 6.07) is 7.26. The molecule has 0 aliphatic carbocycles. The van der Waals surface area contributed by atoms with Crippen molar-refractivity contribution in [1.82, 2.24) is 0 Å². The predicted molar refractivity (Wildman–Crippen MR) is 64.4 cm³/mol. The van der Waals surface area contributed by atoms with Crippen LogP contribution in [0.25, 0.3) is 0 Å². The Kier molecular flexibility index (Phi) is 4.33. The van der Waals surface area contributed by atoms with E-state index in [1.54, 1.807) is 26.0 Å². The lowest BCUT2D eigenvalue weighted by molar-refractivity contribution is -0.148. The van der Waals surface area contributed by atoms with E-state index < -0.39 is 5.54 Å². The van der Waals surface area contributed by atoms with E-state index >= 15 is 0 Å². The van der Waals surface area contributed by atoms with Gasteiger partial charge >= 0.3 is 5.97 Å². The number of esters is 1. The van der Waals surface area contributed by atoms with Gasteiger partial charge in [0.1, 0.15) is 5.54 Å². The minimum absolute atomic E-state index is 0.340. The van der Waals surface area contributed by atoms with Crippen molar-refractivity contribution in [2.24, 2.45) is 5.73 Å². The highest BCUT2D eigenvalue weighted by Gasteiger charge is 2.29. The summed E-state index contributed by atoms with van der Waals surface area (Å²) < 4.78 is 4.91. The monoisotopic (exact) mass is 241 g/mol. The molecule has 1 aromatic carbocycles. The molecule has 0 fully saturated rings. The van der Waals surface area contributed by atoms with Gasteiger partial charge in [-0.05, 0) is 31.5 Å². The molecular weight excluding hydrogens is 226 g/mol. The molecule has 0 heterocycles. The normalized spacial score (nSPS) is 14.2. The lowest BCUT2D eigenvalue weighted by Crippen LogP contribution is -2.48. The average Bonchev–Trinajstić information content (AvgIpc) is 2.21. The van der Waals surface area contributed by atoms with Gasteiger partial charge in [-0.3, -0.25) is 4.79 Å². The molecule has 0 radical (unpaired) electrons. The van der Waals surface area contributed by atoms with Gasteiger partial charge in [-0.15, -0.1) is 0 Å². The Labute approximate surface area is 101 Å². The van der Waals surface area contributed by atoms with E-state index in [0.29, 0.717) is 18.1 Å². The zero-order valence-corrected chi connectivity index (χ0v) is 10.3. The standard InChI is InChI=1S/C12H16ClNO2/c1-3-16-11(15)12(2,14)8-9-4-6-10(13)7-5-9/h4-7H,3,8,14H2,1-2H3. The zero-order chi connectivity index (χ0) is 12.2. The smallest absolute Gasteiger partial charge is 0.326 e. The first kappa shape index (κ1) is 13.0. The Morgan fingerprint density at radius 2 is 2.00 bits per heavy atom. The van der Waals surface area contributed by atoms with E-state index in [0.717, 1.165) is 5.56 Å². The van der Waals surface area contributed by atoms with Crippen LogP contribution in [0.1, 0.15) is 19.4 Å². The SMILES string of the molecule is CCOC(=O)C(C)(N)Cc1ccc(Cl)cc1. The van der Waals surface area contributed by atoms with Gasteiger partial charge in [0, 0.05) is 11.4 Å². The second-order valence-electron chi connectivity index (χ2n) is 3.94. The minimum atomic E-state index is -0.996. The number of ether oxygens (including phenoxy) is 1. The Morgan fingerprint density at radius 3 is 2.50 bits per heavy atom. The number of hydrogen-bond donors (Lipinski definition) is 1. The van der Waals surface area contributed by atoms with Gasteiger partial charge < -0.3 is 10.5 Å². The van der Waals surface area contributed by atoms with Crippen molar-refractivity contribution in [3.8, 4) is 0 Å². The molecule has 16 heavy (non-hydrogen) atoms. The molecule has 0 bridgehead atoms. The fourth-order valence-corrected chi connectivity index (χ4v) is 1.52. The summed E-state index contributed by atoms with van der Waals surface area (Å²) in [6.45, 7) is 3.77. The highest BCUT2D eigenvalue weighted by molar-refractivity contribution is 6.30. The predicted octanol–water partition coefficient (Wildman–Crippen LogP) is 2.16. The van der Waals surface area contributed by atoms with E-state index in [9.17, 15) is 4.79 Å². The molecule has 1 atom stereocenters. The number of halogens is 1. The first-order chi connectivity index (χ1) is 7.45. The number of rotatable bonds is 4. The number of carbonyl (C=O) groups excluding carboxylic acids is 1. The largest absolute Gasteiger partial charge is 0.465 e. The summed E-state index contributed by atoms with van der Waals surface area (Å²) in [6.07, 6.45) is 0.434. The van der Waals surface area contributed by atoms with Crippen LogP contribution in [0, 0.1) is 0 Å².